The van der Waals surface area contributed by atoms with Crippen LogP contribution < -0.4 is 5.32 Å². The van der Waals surface area contributed by atoms with E-state index in [-0.39, 0.29) is 5.82 Å². The van der Waals surface area contributed by atoms with E-state index in [0.717, 1.165) is 25.1 Å². The molecule has 0 aliphatic carbocycles. The van der Waals surface area contributed by atoms with Crippen molar-refractivity contribution in [2.45, 2.75) is 38.9 Å². The fraction of sp³-hybridized carbons (Fsp3) is 0.600. The number of piperidine rings is 1. The van der Waals surface area contributed by atoms with Crippen LogP contribution in [0.1, 0.15) is 25.8 Å². The predicted octanol–water partition coefficient (Wildman–Crippen LogP) is 2.64. The van der Waals surface area contributed by atoms with E-state index < -0.39 is 0 Å². The molecule has 3 unspecified atom stereocenters. The van der Waals surface area contributed by atoms with Crippen LogP contribution in [0.5, 0.6) is 0 Å². The lowest BCUT2D eigenvalue weighted by atomic mass is 9.90. The Labute approximate surface area is 109 Å². The van der Waals surface area contributed by atoms with E-state index in [0.29, 0.717) is 18.0 Å². The number of rotatable bonds is 3. The van der Waals surface area contributed by atoms with Crippen molar-refractivity contribution in [1.82, 2.24) is 10.2 Å². The van der Waals surface area contributed by atoms with Gasteiger partial charge >= 0.3 is 0 Å². The number of hydrogen-bond acceptors (Lipinski definition) is 2. The molecular formula is C15H23FN2. The average Bonchev–Trinajstić information content (AvgIpc) is 2.32. The van der Waals surface area contributed by atoms with Crippen molar-refractivity contribution in [3.63, 3.8) is 0 Å². The largest absolute Gasteiger partial charge is 0.310 e. The maximum absolute atomic E-state index is 13.1. The number of hydrogen-bond donors (Lipinski definition) is 1. The highest BCUT2D eigenvalue weighted by Crippen LogP contribution is 2.21. The molecule has 18 heavy (non-hydrogen) atoms. The molecule has 1 aliphatic rings. The Hall–Kier alpha value is -0.930. The second kappa shape index (κ2) is 5.81. The maximum atomic E-state index is 13.1. The zero-order chi connectivity index (χ0) is 13.1. The first-order valence-electron chi connectivity index (χ1n) is 6.74. The summed E-state index contributed by atoms with van der Waals surface area (Å²) in [4.78, 5) is 2.41. The van der Waals surface area contributed by atoms with E-state index in [1.165, 1.54) is 6.07 Å². The third-order valence-electron chi connectivity index (χ3n) is 4.07. The summed E-state index contributed by atoms with van der Waals surface area (Å²) in [7, 11) is 2.18. The van der Waals surface area contributed by atoms with Gasteiger partial charge in [0, 0.05) is 25.2 Å². The summed E-state index contributed by atoms with van der Waals surface area (Å²) in [6, 6.07) is 7.98. The molecule has 0 amide bonds. The molecule has 1 aliphatic heterocycles. The van der Waals surface area contributed by atoms with E-state index in [4.69, 9.17) is 0 Å². The van der Waals surface area contributed by atoms with Gasteiger partial charge in [-0.2, -0.15) is 0 Å². The van der Waals surface area contributed by atoms with E-state index in [1.807, 2.05) is 6.07 Å². The highest BCUT2D eigenvalue weighted by atomic mass is 19.1. The molecule has 0 saturated carbocycles. The van der Waals surface area contributed by atoms with Crippen LogP contribution in [-0.4, -0.2) is 30.6 Å². The lowest BCUT2D eigenvalue weighted by molar-refractivity contribution is 0.121. The molecule has 1 N–H and O–H groups in total. The summed E-state index contributed by atoms with van der Waals surface area (Å²) in [5.74, 6) is 0.485. The van der Waals surface area contributed by atoms with E-state index >= 15 is 0 Å². The maximum Gasteiger partial charge on any atom is 0.123 e. The van der Waals surface area contributed by atoms with Crippen LogP contribution >= 0.6 is 0 Å². The van der Waals surface area contributed by atoms with Gasteiger partial charge in [-0.05, 0) is 44.0 Å². The van der Waals surface area contributed by atoms with Gasteiger partial charge in [-0.1, -0.05) is 19.1 Å². The minimum absolute atomic E-state index is 0.154. The molecular weight excluding hydrogens is 227 g/mol. The molecule has 2 nitrogen and oxygen atoms in total. The van der Waals surface area contributed by atoms with Gasteiger partial charge < -0.3 is 10.2 Å². The van der Waals surface area contributed by atoms with Crippen LogP contribution in [-0.2, 0) is 6.54 Å². The predicted molar refractivity (Wildman–Crippen MR) is 72.9 cm³/mol. The van der Waals surface area contributed by atoms with Crippen molar-refractivity contribution in [2.24, 2.45) is 5.92 Å². The number of halogens is 1. The molecule has 0 spiro atoms. The number of nitrogens with zero attached hydrogens (tertiary/aromatic N) is 1. The first-order valence-corrected chi connectivity index (χ1v) is 6.74. The molecule has 1 aromatic rings. The third-order valence-corrected chi connectivity index (χ3v) is 4.07. The number of benzene rings is 1. The van der Waals surface area contributed by atoms with Crippen molar-refractivity contribution >= 4 is 0 Å². The van der Waals surface area contributed by atoms with Gasteiger partial charge in [-0.25, -0.2) is 4.39 Å². The van der Waals surface area contributed by atoms with Gasteiger partial charge in [0.2, 0.25) is 0 Å². The Balaban J connectivity index is 1.90. The average molecular weight is 250 g/mol. The standard InChI is InChI=1S/C15H23FN2/c1-11-10-18(3)12(2)7-15(11)17-9-13-5-4-6-14(16)8-13/h4-6,8,11-12,15,17H,7,9-10H2,1-3H3. The molecule has 3 heteroatoms. The number of likely N-dealkylation sites (tertiary alicyclic amines) is 1. The lowest BCUT2D eigenvalue weighted by Crippen LogP contribution is -2.50. The fourth-order valence-electron chi connectivity index (χ4n) is 2.72. The van der Waals surface area contributed by atoms with Crippen molar-refractivity contribution < 1.29 is 4.39 Å². The molecule has 1 heterocycles. The monoisotopic (exact) mass is 250 g/mol. The summed E-state index contributed by atoms with van der Waals surface area (Å²) in [6.45, 7) is 6.43. The smallest absolute Gasteiger partial charge is 0.123 e. The lowest BCUT2D eigenvalue weighted by Gasteiger charge is -2.40. The summed E-state index contributed by atoms with van der Waals surface area (Å²) in [5.41, 5.74) is 1.02. The molecule has 3 atom stereocenters. The molecule has 0 aromatic heterocycles. The molecule has 0 bridgehead atoms. The van der Waals surface area contributed by atoms with Gasteiger partial charge in [0.1, 0.15) is 5.82 Å². The highest BCUT2D eigenvalue weighted by molar-refractivity contribution is 5.16. The van der Waals surface area contributed by atoms with Crippen LogP contribution in [0.3, 0.4) is 0 Å². The van der Waals surface area contributed by atoms with Crippen molar-refractivity contribution in [3.05, 3.63) is 35.6 Å². The Morgan fingerprint density at radius 1 is 1.39 bits per heavy atom. The quantitative estimate of drug-likeness (QED) is 0.887. The van der Waals surface area contributed by atoms with Crippen LogP contribution in [0.15, 0.2) is 24.3 Å². The topological polar surface area (TPSA) is 15.3 Å². The van der Waals surface area contributed by atoms with Crippen molar-refractivity contribution in [2.75, 3.05) is 13.6 Å². The zero-order valence-corrected chi connectivity index (χ0v) is 11.5. The Bertz CT molecular complexity index is 394. The van der Waals surface area contributed by atoms with Gasteiger partial charge in [-0.15, -0.1) is 0 Å². The Morgan fingerprint density at radius 2 is 2.17 bits per heavy atom. The first-order chi connectivity index (χ1) is 8.56. The summed E-state index contributed by atoms with van der Waals surface area (Å²) in [5, 5.41) is 3.57. The summed E-state index contributed by atoms with van der Waals surface area (Å²) < 4.78 is 13.1. The minimum atomic E-state index is -0.154. The van der Waals surface area contributed by atoms with E-state index in [9.17, 15) is 4.39 Å². The van der Waals surface area contributed by atoms with Crippen molar-refractivity contribution in [3.8, 4) is 0 Å². The van der Waals surface area contributed by atoms with Gasteiger partial charge in [0.25, 0.3) is 0 Å². The minimum Gasteiger partial charge on any atom is -0.310 e. The zero-order valence-electron chi connectivity index (χ0n) is 11.5. The molecule has 1 aromatic carbocycles. The van der Waals surface area contributed by atoms with Crippen LogP contribution in [0, 0.1) is 11.7 Å². The second-order valence-corrected chi connectivity index (χ2v) is 5.62. The molecule has 0 radical (unpaired) electrons. The third kappa shape index (κ3) is 3.30. The fourth-order valence-corrected chi connectivity index (χ4v) is 2.72. The number of nitrogens with one attached hydrogen (secondary N) is 1. The second-order valence-electron chi connectivity index (χ2n) is 5.62. The molecule has 1 saturated heterocycles. The van der Waals surface area contributed by atoms with E-state index in [1.54, 1.807) is 12.1 Å². The van der Waals surface area contributed by atoms with Crippen LogP contribution in [0.25, 0.3) is 0 Å². The van der Waals surface area contributed by atoms with Crippen molar-refractivity contribution in [1.29, 1.82) is 0 Å². The SMILES string of the molecule is CC1CN(C)C(C)CC1NCc1cccc(F)c1. The summed E-state index contributed by atoms with van der Waals surface area (Å²) >= 11 is 0. The highest BCUT2D eigenvalue weighted by Gasteiger charge is 2.28. The van der Waals surface area contributed by atoms with E-state index in [2.05, 4.69) is 31.1 Å². The Morgan fingerprint density at radius 3 is 2.89 bits per heavy atom. The summed E-state index contributed by atoms with van der Waals surface area (Å²) in [6.07, 6.45) is 1.16. The Kier molecular flexibility index (Phi) is 4.36. The molecule has 1 fully saturated rings. The van der Waals surface area contributed by atoms with Crippen LogP contribution in [0.4, 0.5) is 4.39 Å². The molecule has 100 valence electrons. The van der Waals surface area contributed by atoms with Gasteiger partial charge in [0.05, 0.1) is 0 Å². The normalized spacial score (nSPS) is 29.4. The first kappa shape index (κ1) is 13.5. The van der Waals surface area contributed by atoms with Gasteiger partial charge in [0.15, 0.2) is 0 Å². The molecule has 2 rings (SSSR count). The van der Waals surface area contributed by atoms with Crippen LogP contribution in [0.2, 0.25) is 0 Å². The van der Waals surface area contributed by atoms with Gasteiger partial charge in [-0.3, -0.25) is 0 Å².